The summed E-state index contributed by atoms with van der Waals surface area (Å²) in [7, 11) is 0. The summed E-state index contributed by atoms with van der Waals surface area (Å²) in [5.41, 5.74) is 5.85. The molecule has 0 radical (unpaired) electrons. The van der Waals surface area contributed by atoms with Crippen LogP contribution in [0, 0.1) is 5.41 Å². The number of amides is 1. The van der Waals surface area contributed by atoms with Crippen molar-refractivity contribution < 1.29 is 9.53 Å². The van der Waals surface area contributed by atoms with Gasteiger partial charge in [0.15, 0.2) is 0 Å². The van der Waals surface area contributed by atoms with Gasteiger partial charge in [0.05, 0.1) is 16.1 Å². The summed E-state index contributed by atoms with van der Waals surface area (Å²) in [5, 5.41) is 3.39. The van der Waals surface area contributed by atoms with Crippen LogP contribution in [0.25, 0.3) is 0 Å². The number of benzene rings is 1. The zero-order valence-electron chi connectivity index (χ0n) is 10.4. The highest BCUT2D eigenvalue weighted by atomic mass is 79.9. The van der Waals surface area contributed by atoms with Gasteiger partial charge < -0.3 is 15.8 Å². The Labute approximate surface area is 125 Å². The molecule has 1 aromatic rings. The number of halogens is 2. The van der Waals surface area contributed by atoms with Crippen molar-refractivity contribution >= 4 is 39.1 Å². The Bertz CT molecular complexity index is 476. The average Bonchev–Trinajstić information content (AvgIpc) is 2.43. The number of carbonyl (C=O) groups excluding carboxylic acids is 1. The van der Waals surface area contributed by atoms with Crippen LogP contribution in [0.1, 0.15) is 12.8 Å². The van der Waals surface area contributed by atoms with Gasteiger partial charge in [-0.1, -0.05) is 27.5 Å². The fourth-order valence-corrected chi connectivity index (χ4v) is 2.66. The Balaban J connectivity index is 2.17. The summed E-state index contributed by atoms with van der Waals surface area (Å²) in [6, 6.07) is 5.34. The molecular formula is C13H16BrClN2O2. The van der Waals surface area contributed by atoms with Gasteiger partial charge in [-0.05, 0) is 31.0 Å². The van der Waals surface area contributed by atoms with Crippen molar-refractivity contribution in [2.45, 2.75) is 12.8 Å². The van der Waals surface area contributed by atoms with E-state index in [0.717, 1.165) is 4.47 Å². The van der Waals surface area contributed by atoms with Gasteiger partial charge in [-0.25, -0.2) is 0 Å². The lowest BCUT2D eigenvalue weighted by Crippen LogP contribution is -2.46. The molecule has 2 rings (SSSR count). The highest BCUT2D eigenvalue weighted by Gasteiger charge is 2.38. The molecule has 0 atom stereocenters. The maximum Gasteiger partial charge on any atom is 0.232 e. The van der Waals surface area contributed by atoms with Gasteiger partial charge >= 0.3 is 0 Å². The summed E-state index contributed by atoms with van der Waals surface area (Å²) in [4.78, 5) is 12.5. The third-order valence-electron chi connectivity index (χ3n) is 3.50. The zero-order chi connectivity index (χ0) is 13.9. The monoisotopic (exact) mass is 346 g/mol. The molecule has 1 fully saturated rings. The molecule has 1 aromatic carbocycles. The van der Waals surface area contributed by atoms with Crippen molar-refractivity contribution in [1.82, 2.24) is 0 Å². The van der Waals surface area contributed by atoms with E-state index in [2.05, 4.69) is 21.2 Å². The Morgan fingerprint density at radius 1 is 1.47 bits per heavy atom. The van der Waals surface area contributed by atoms with Gasteiger partial charge in [-0.3, -0.25) is 4.79 Å². The van der Waals surface area contributed by atoms with Crippen LogP contribution in [-0.2, 0) is 9.53 Å². The number of ether oxygens (including phenoxy) is 1. The van der Waals surface area contributed by atoms with Crippen LogP contribution in [-0.4, -0.2) is 25.7 Å². The van der Waals surface area contributed by atoms with E-state index in [9.17, 15) is 4.79 Å². The second-order valence-corrected chi connectivity index (χ2v) is 6.00. The number of hydrogen-bond donors (Lipinski definition) is 2. The summed E-state index contributed by atoms with van der Waals surface area (Å²) in [6.45, 7) is 1.45. The molecule has 104 valence electrons. The first kappa shape index (κ1) is 14.8. The Hall–Kier alpha value is -0.620. The second kappa shape index (κ2) is 6.22. The summed E-state index contributed by atoms with van der Waals surface area (Å²) in [6.07, 6.45) is 1.28. The Morgan fingerprint density at radius 2 is 2.16 bits per heavy atom. The molecule has 0 unspecified atom stereocenters. The summed E-state index contributed by atoms with van der Waals surface area (Å²) >= 11 is 9.43. The van der Waals surface area contributed by atoms with E-state index < -0.39 is 5.41 Å². The Kier molecular flexibility index (Phi) is 4.84. The van der Waals surface area contributed by atoms with E-state index >= 15 is 0 Å². The third kappa shape index (κ3) is 3.28. The standard InChI is InChI=1S/C13H16BrClN2O2/c14-9-1-2-10(15)11(7-9)17-12(18)13(8-16)3-5-19-6-4-13/h1-2,7H,3-6,8,16H2,(H,17,18). The molecule has 0 aliphatic carbocycles. The molecule has 0 bridgehead atoms. The predicted molar refractivity (Wildman–Crippen MR) is 79.3 cm³/mol. The molecule has 1 saturated heterocycles. The van der Waals surface area contributed by atoms with Crippen LogP contribution in [0.4, 0.5) is 5.69 Å². The molecule has 1 heterocycles. The third-order valence-corrected chi connectivity index (χ3v) is 4.32. The summed E-state index contributed by atoms with van der Waals surface area (Å²) < 4.78 is 6.16. The molecule has 1 aliphatic rings. The van der Waals surface area contributed by atoms with Crippen molar-refractivity contribution in [3.05, 3.63) is 27.7 Å². The number of anilines is 1. The van der Waals surface area contributed by atoms with Crippen molar-refractivity contribution in [3.8, 4) is 0 Å². The van der Waals surface area contributed by atoms with Crippen molar-refractivity contribution in [2.24, 2.45) is 11.1 Å². The largest absolute Gasteiger partial charge is 0.381 e. The minimum absolute atomic E-state index is 0.0849. The van der Waals surface area contributed by atoms with Crippen LogP contribution in [0.3, 0.4) is 0 Å². The van der Waals surface area contributed by atoms with E-state index in [4.69, 9.17) is 22.1 Å². The van der Waals surface area contributed by atoms with Crippen LogP contribution in [0.5, 0.6) is 0 Å². The van der Waals surface area contributed by atoms with Crippen molar-refractivity contribution in [3.63, 3.8) is 0 Å². The molecule has 0 aromatic heterocycles. The minimum Gasteiger partial charge on any atom is -0.381 e. The number of nitrogens with one attached hydrogen (secondary N) is 1. The molecule has 19 heavy (non-hydrogen) atoms. The molecule has 4 nitrogen and oxygen atoms in total. The molecule has 6 heteroatoms. The van der Waals surface area contributed by atoms with E-state index in [1.165, 1.54) is 0 Å². The highest BCUT2D eigenvalue weighted by molar-refractivity contribution is 9.10. The molecule has 1 amide bonds. The minimum atomic E-state index is -0.552. The average molecular weight is 348 g/mol. The van der Waals surface area contributed by atoms with Crippen LogP contribution in [0.15, 0.2) is 22.7 Å². The van der Waals surface area contributed by atoms with E-state index in [0.29, 0.717) is 43.3 Å². The maximum atomic E-state index is 12.5. The van der Waals surface area contributed by atoms with Crippen LogP contribution < -0.4 is 11.1 Å². The van der Waals surface area contributed by atoms with E-state index in [1.54, 1.807) is 12.1 Å². The zero-order valence-corrected chi connectivity index (χ0v) is 12.8. The lowest BCUT2D eigenvalue weighted by molar-refractivity contribution is -0.130. The van der Waals surface area contributed by atoms with Gasteiger partial charge in [-0.15, -0.1) is 0 Å². The Morgan fingerprint density at radius 3 is 2.79 bits per heavy atom. The molecule has 0 spiro atoms. The maximum absolute atomic E-state index is 12.5. The molecule has 1 aliphatic heterocycles. The first-order valence-electron chi connectivity index (χ1n) is 6.12. The van der Waals surface area contributed by atoms with Gasteiger partial charge in [0, 0.05) is 24.2 Å². The number of carbonyl (C=O) groups is 1. The van der Waals surface area contributed by atoms with Crippen molar-refractivity contribution in [2.75, 3.05) is 25.1 Å². The fraction of sp³-hybridized carbons (Fsp3) is 0.462. The van der Waals surface area contributed by atoms with Crippen LogP contribution >= 0.6 is 27.5 Å². The number of hydrogen-bond acceptors (Lipinski definition) is 3. The smallest absolute Gasteiger partial charge is 0.232 e. The topological polar surface area (TPSA) is 64.4 Å². The molecule has 0 saturated carbocycles. The van der Waals surface area contributed by atoms with Crippen LogP contribution in [0.2, 0.25) is 5.02 Å². The quantitative estimate of drug-likeness (QED) is 0.883. The number of rotatable bonds is 3. The summed E-state index contributed by atoms with van der Waals surface area (Å²) in [5.74, 6) is -0.0849. The molecule has 3 N–H and O–H groups in total. The number of nitrogens with two attached hydrogens (primary N) is 1. The SMILES string of the molecule is NCC1(C(=O)Nc2cc(Br)ccc2Cl)CCOCC1. The first-order chi connectivity index (χ1) is 9.07. The lowest BCUT2D eigenvalue weighted by Gasteiger charge is -2.34. The normalized spacial score (nSPS) is 18.1. The van der Waals surface area contributed by atoms with Gasteiger partial charge in [-0.2, -0.15) is 0 Å². The first-order valence-corrected chi connectivity index (χ1v) is 7.29. The van der Waals surface area contributed by atoms with Gasteiger partial charge in [0.2, 0.25) is 5.91 Å². The van der Waals surface area contributed by atoms with E-state index in [1.807, 2.05) is 6.07 Å². The van der Waals surface area contributed by atoms with Crippen molar-refractivity contribution in [1.29, 1.82) is 0 Å². The van der Waals surface area contributed by atoms with Gasteiger partial charge in [0.25, 0.3) is 0 Å². The second-order valence-electron chi connectivity index (χ2n) is 4.68. The molecular weight excluding hydrogens is 332 g/mol. The highest BCUT2D eigenvalue weighted by Crippen LogP contribution is 2.33. The fourth-order valence-electron chi connectivity index (χ4n) is 2.13. The lowest BCUT2D eigenvalue weighted by atomic mass is 9.79. The predicted octanol–water partition coefficient (Wildman–Crippen LogP) is 2.80. The van der Waals surface area contributed by atoms with Gasteiger partial charge in [0.1, 0.15) is 0 Å². The van der Waals surface area contributed by atoms with E-state index in [-0.39, 0.29) is 5.91 Å².